The molecule has 4 heteroatoms. The third-order valence-corrected chi connectivity index (χ3v) is 2.29. The quantitative estimate of drug-likeness (QED) is 0.866. The third-order valence-electron chi connectivity index (χ3n) is 2.08. The summed E-state index contributed by atoms with van der Waals surface area (Å²) in [4.78, 5) is 4.02. The van der Waals surface area contributed by atoms with Crippen molar-refractivity contribution in [3.8, 4) is 11.6 Å². The van der Waals surface area contributed by atoms with E-state index in [0.717, 1.165) is 0 Å². The van der Waals surface area contributed by atoms with Gasteiger partial charge in [0.1, 0.15) is 5.75 Å². The average Bonchev–Trinajstić information content (AvgIpc) is 2.25. The van der Waals surface area contributed by atoms with E-state index in [0.29, 0.717) is 22.3 Å². The SMILES string of the molecule is Cc1ccc(Oc2ncc(Cl)cc2N)cc1. The molecule has 0 bridgehead atoms. The van der Waals surface area contributed by atoms with Gasteiger partial charge in [-0.15, -0.1) is 0 Å². The minimum atomic E-state index is 0.369. The summed E-state index contributed by atoms with van der Waals surface area (Å²) in [5.74, 6) is 1.07. The van der Waals surface area contributed by atoms with Crippen LogP contribution in [0, 0.1) is 6.92 Å². The number of hydrogen-bond acceptors (Lipinski definition) is 3. The highest BCUT2D eigenvalue weighted by Gasteiger charge is 2.04. The van der Waals surface area contributed by atoms with Crippen LogP contribution < -0.4 is 10.5 Å². The number of aryl methyl sites for hydroxylation is 1. The Hall–Kier alpha value is -1.74. The predicted molar refractivity (Wildman–Crippen MR) is 64.9 cm³/mol. The molecule has 0 aliphatic heterocycles. The van der Waals surface area contributed by atoms with E-state index in [2.05, 4.69) is 4.98 Å². The zero-order valence-corrected chi connectivity index (χ0v) is 9.53. The number of pyridine rings is 1. The Morgan fingerprint density at radius 2 is 1.94 bits per heavy atom. The van der Waals surface area contributed by atoms with Crippen molar-refractivity contribution in [1.29, 1.82) is 0 Å². The Morgan fingerprint density at radius 3 is 2.56 bits per heavy atom. The lowest BCUT2D eigenvalue weighted by molar-refractivity contribution is 0.465. The van der Waals surface area contributed by atoms with Gasteiger partial charge in [-0.2, -0.15) is 0 Å². The van der Waals surface area contributed by atoms with E-state index in [4.69, 9.17) is 22.1 Å². The highest BCUT2D eigenvalue weighted by atomic mass is 35.5. The van der Waals surface area contributed by atoms with Gasteiger partial charge in [0.15, 0.2) is 0 Å². The molecule has 0 unspecified atom stereocenters. The maximum absolute atomic E-state index is 5.74. The number of hydrogen-bond donors (Lipinski definition) is 1. The molecule has 1 aromatic carbocycles. The lowest BCUT2D eigenvalue weighted by atomic mass is 10.2. The first-order valence-electron chi connectivity index (χ1n) is 4.81. The van der Waals surface area contributed by atoms with Gasteiger partial charge in [0.05, 0.1) is 10.7 Å². The second-order valence-corrected chi connectivity index (χ2v) is 3.90. The molecular weight excluding hydrogens is 224 g/mol. The first-order chi connectivity index (χ1) is 7.65. The number of rotatable bonds is 2. The Kier molecular flexibility index (Phi) is 2.97. The minimum Gasteiger partial charge on any atom is -0.437 e. The largest absolute Gasteiger partial charge is 0.437 e. The van der Waals surface area contributed by atoms with Crippen LogP contribution in [-0.4, -0.2) is 4.98 Å². The summed E-state index contributed by atoms with van der Waals surface area (Å²) in [6.07, 6.45) is 1.50. The van der Waals surface area contributed by atoms with Gasteiger partial charge in [-0.05, 0) is 25.1 Å². The summed E-state index contributed by atoms with van der Waals surface area (Å²) in [6, 6.07) is 9.26. The fraction of sp³-hybridized carbons (Fsp3) is 0.0833. The van der Waals surface area contributed by atoms with Crippen molar-refractivity contribution in [3.05, 3.63) is 47.1 Å². The molecule has 2 aromatic rings. The summed E-state index contributed by atoms with van der Waals surface area (Å²) >= 11 is 5.74. The predicted octanol–water partition coefficient (Wildman–Crippen LogP) is 3.42. The zero-order valence-electron chi connectivity index (χ0n) is 8.77. The lowest BCUT2D eigenvalue weighted by Gasteiger charge is -2.07. The highest BCUT2D eigenvalue weighted by molar-refractivity contribution is 6.30. The van der Waals surface area contributed by atoms with E-state index in [1.54, 1.807) is 6.07 Å². The number of nitrogens with two attached hydrogens (primary N) is 1. The third kappa shape index (κ3) is 2.44. The van der Waals surface area contributed by atoms with Gasteiger partial charge in [0.2, 0.25) is 5.88 Å². The lowest BCUT2D eigenvalue weighted by Crippen LogP contribution is -1.94. The van der Waals surface area contributed by atoms with Crippen molar-refractivity contribution in [1.82, 2.24) is 4.98 Å². The van der Waals surface area contributed by atoms with Crippen molar-refractivity contribution in [2.75, 3.05) is 5.73 Å². The summed E-state index contributed by atoms with van der Waals surface area (Å²) in [6.45, 7) is 2.01. The molecule has 82 valence electrons. The van der Waals surface area contributed by atoms with E-state index in [1.165, 1.54) is 11.8 Å². The monoisotopic (exact) mass is 234 g/mol. The number of ether oxygens (including phenoxy) is 1. The molecule has 0 amide bonds. The van der Waals surface area contributed by atoms with Crippen molar-refractivity contribution in [3.63, 3.8) is 0 Å². The molecule has 0 fully saturated rings. The Labute approximate surface area is 98.8 Å². The number of aromatic nitrogens is 1. The topological polar surface area (TPSA) is 48.1 Å². The number of benzene rings is 1. The van der Waals surface area contributed by atoms with E-state index in [9.17, 15) is 0 Å². The van der Waals surface area contributed by atoms with E-state index >= 15 is 0 Å². The normalized spacial score (nSPS) is 10.1. The summed E-state index contributed by atoms with van der Waals surface area (Å²) < 4.78 is 5.52. The van der Waals surface area contributed by atoms with Gasteiger partial charge in [-0.25, -0.2) is 4.98 Å². The molecule has 0 spiro atoms. The Morgan fingerprint density at radius 1 is 1.25 bits per heavy atom. The van der Waals surface area contributed by atoms with E-state index in [-0.39, 0.29) is 0 Å². The van der Waals surface area contributed by atoms with Crippen molar-refractivity contribution in [2.24, 2.45) is 0 Å². The van der Waals surface area contributed by atoms with Crippen molar-refractivity contribution < 1.29 is 4.74 Å². The van der Waals surface area contributed by atoms with Crippen LogP contribution in [0.15, 0.2) is 36.5 Å². The van der Waals surface area contributed by atoms with Crippen LogP contribution in [0.25, 0.3) is 0 Å². The number of nitrogens with zero attached hydrogens (tertiary/aromatic N) is 1. The van der Waals surface area contributed by atoms with Crippen LogP contribution in [0.2, 0.25) is 5.02 Å². The molecule has 3 nitrogen and oxygen atoms in total. The van der Waals surface area contributed by atoms with E-state index in [1.807, 2.05) is 31.2 Å². The minimum absolute atomic E-state index is 0.369. The maximum atomic E-state index is 5.74. The van der Waals surface area contributed by atoms with Crippen LogP contribution >= 0.6 is 11.6 Å². The smallest absolute Gasteiger partial charge is 0.242 e. The molecule has 1 aromatic heterocycles. The molecule has 16 heavy (non-hydrogen) atoms. The first-order valence-corrected chi connectivity index (χ1v) is 5.18. The number of halogens is 1. The number of anilines is 1. The molecule has 0 saturated carbocycles. The van der Waals surface area contributed by atoms with Gasteiger partial charge < -0.3 is 10.5 Å². The van der Waals surface area contributed by atoms with Gasteiger partial charge in [0, 0.05) is 6.20 Å². The van der Waals surface area contributed by atoms with Crippen molar-refractivity contribution in [2.45, 2.75) is 6.92 Å². The van der Waals surface area contributed by atoms with Gasteiger partial charge in [-0.1, -0.05) is 29.3 Å². The van der Waals surface area contributed by atoms with Crippen LogP contribution in [0.3, 0.4) is 0 Å². The Balaban J connectivity index is 2.23. The molecule has 1 heterocycles. The maximum Gasteiger partial charge on any atom is 0.242 e. The summed E-state index contributed by atoms with van der Waals surface area (Å²) in [5, 5.41) is 0.494. The molecule has 2 N–H and O–H groups in total. The Bertz CT molecular complexity index is 497. The molecule has 0 aliphatic rings. The second-order valence-electron chi connectivity index (χ2n) is 3.46. The zero-order chi connectivity index (χ0) is 11.5. The molecule has 0 saturated heterocycles. The summed E-state index contributed by atoms with van der Waals surface area (Å²) in [5.41, 5.74) is 7.32. The van der Waals surface area contributed by atoms with Crippen LogP contribution in [0.1, 0.15) is 5.56 Å². The van der Waals surface area contributed by atoms with Gasteiger partial charge >= 0.3 is 0 Å². The standard InChI is InChI=1S/C12H11ClN2O/c1-8-2-4-10(5-3-8)16-12-11(14)6-9(13)7-15-12/h2-7H,14H2,1H3. The van der Waals surface area contributed by atoms with Crippen molar-refractivity contribution >= 4 is 17.3 Å². The van der Waals surface area contributed by atoms with E-state index < -0.39 is 0 Å². The average molecular weight is 235 g/mol. The van der Waals surface area contributed by atoms with Crippen LogP contribution in [0.5, 0.6) is 11.6 Å². The highest BCUT2D eigenvalue weighted by Crippen LogP contribution is 2.26. The molecule has 0 radical (unpaired) electrons. The second kappa shape index (κ2) is 4.41. The summed E-state index contributed by atoms with van der Waals surface area (Å²) in [7, 11) is 0. The van der Waals surface area contributed by atoms with Crippen LogP contribution in [0.4, 0.5) is 5.69 Å². The molecule has 0 aliphatic carbocycles. The molecule has 2 rings (SSSR count). The molecular formula is C12H11ClN2O. The van der Waals surface area contributed by atoms with Crippen LogP contribution in [-0.2, 0) is 0 Å². The fourth-order valence-electron chi connectivity index (χ4n) is 1.25. The van der Waals surface area contributed by atoms with Gasteiger partial charge in [0.25, 0.3) is 0 Å². The first kappa shape index (κ1) is 10.8. The fourth-order valence-corrected chi connectivity index (χ4v) is 1.41. The molecule has 0 atom stereocenters. The number of nitrogen functional groups attached to an aromatic ring is 1. The van der Waals surface area contributed by atoms with Gasteiger partial charge in [-0.3, -0.25) is 0 Å².